The SMILES string of the molecule is C1CCC([PH+](C2CCCCC2)C2CCCCC2)CC1.C1CCC([PH+](C2CCCCC2)C2CCCCC2)CC1.C1CCC([PH+](C2CCCCC2)C2CCCCC2)CC1.C1CCC([PH+](C2CCCCC2)C2CCCCC2)CC1.[Pd]. The predicted octanol–water partition coefficient (Wildman–Crippen LogP) is 24.8. The fraction of sp³-hybridized carbons (Fsp3) is 1.00. The Morgan fingerprint density at radius 1 is 0.104 bits per heavy atom. The summed E-state index contributed by atoms with van der Waals surface area (Å²) in [6, 6.07) is 0. The van der Waals surface area contributed by atoms with Crippen molar-refractivity contribution < 1.29 is 20.4 Å². The maximum absolute atomic E-state index is 1.63. The molecule has 5 heteroatoms. The van der Waals surface area contributed by atoms with Crippen LogP contribution in [-0.2, 0) is 20.4 Å². The Morgan fingerprint density at radius 3 is 0.234 bits per heavy atom. The van der Waals surface area contributed by atoms with Gasteiger partial charge in [0, 0.05) is 52.1 Å². The fourth-order valence-corrected chi connectivity index (χ4v) is 42.1. The van der Waals surface area contributed by atoms with Crippen LogP contribution < -0.4 is 0 Å². The minimum Gasteiger partial charge on any atom is -0.0530 e. The summed E-state index contributed by atoms with van der Waals surface area (Å²) in [6.07, 6.45) is 95.2. The third kappa shape index (κ3) is 21.3. The summed E-state index contributed by atoms with van der Waals surface area (Å²) >= 11 is 0. The van der Waals surface area contributed by atoms with Gasteiger partial charge in [-0.05, 0) is 308 Å². The first-order chi connectivity index (χ1) is 37.8. The average Bonchev–Trinajstić information content (AvgIpc) is 3.51. The van der Waals surface area contributed by atoms with Crippen molar-refractivity contribution in [2.75, 3.05) is 0 Å². The van der Waals surface area contributed by atoms with Crippen molar-refractivity contribution in [2.45, 2.75) is 453 Å². The van der Waals surface area contributed by atoms with Gasteiger partial charge in [-0.25, -0.2) is 0 Å². The molecule has 77 heavy (non-hydrogen) atoms. The molecule has 12 rings (SSSR count). The van der Waals surface area contributed by atoms with Crippen molar-refractivity contribution >= 4 is 31.7 Å². The van der Waals surface area contributed by atoms with Crippen LogP contribution in [0.15, 0.2) is 0 Å². The van der Waals surface area contributed by atoms with E-state index in [0.717, 1.165) is 0 Å². The maximum Gasteiger partial charge on any atom is 0.0680 e. The van der Waals surface area contributed by atoms with E-state index >= 15 is 0 Å². The van der Waals surface area contributed by atoms with Gasteiger partial charge in [-0.1, -0.05) is 77.0 Å². The van der Waals surface area contributed by atoms with E-state index in [1.807, 2.05) is 0 Å². The van der Waals surface area contributed by atoms with Gasteiger partial charge in [0.15, 0.2) is 0 Å². The molecule has 450 valence electrons. The molecule has 12 aliphatic carbocycles. The van der Waals surface area contributed by atoms with E-state index in [2.05, 4.69) is 0 Å². The average molecular weight is 1230 g/mol. The van der Waals surface area contributed by atoms with Gasteiger partial charge in [-0.15, -0.1) is 0 Å². The Hall–Kier alpha value is 2.38. The summed E-state index contributed by atoms with van der Waals surface area (Å²) in [6.45, 7) is 0. The molecule has 0 spiro atoms. The molecule has 0 saturated heterocycles. The van der Waals surface area contributed by atoms with Gasteiger partial charge in [-0.3, -0.25) is 0 Å². The van der Waals surface area contributed by atoms with Gasteiger partial charge >= 0.3 is 0 Å². The van der Waals surface area contributed by atoms with Crippen molar-refractivity contribution in [1.82, 2.24) is 0 Å². The zero-order valence-corrected chi connectivity index (χ0v) is 57.2. The van der Waals surface area contributed by atoms with Gasteiger partial charge in [-0.2, -0.15) is 0 Å². The van der Waals surface area contributed by atoms with E-state index in [4.69, 9.17) is 0 Å². The van der Waals surface area contributed by atoms with Crippen LogP contribution in [0.1, 0.15) is 385 Å². The monoisotopic (exact) mass is 1230 g/mol. The third-order valence-electron chi connectivity index (χ3n) is 24.9. The van der Waals surface area contributed by atoms with E-state index in [-0.39, 0.29) is 52.1 Å². The quantitative estimate of drug-likeness (QED) is 0.135. The molecule has 0 amide bonds. The largest absolute Gasteiger partial charge is 0.0680 e. The summed E-state index contributed by atoms with van der Waals surface area (Å²) in [5.74, 6) is 0. The molecular weight excluding hydrogens is 1100 g/mol. The van der Waals surface area contributed by atoms with Crippen LogP contribution in [0, 0.1) is 0 Å². The molecular formula is C72H136P4Pd+4. The summed E-state index contributed by atoms with van der Waals surface area (Å²) in [4.78, 5) is 0. The van der Waals surface area contributed by atoms with Crippen LogP contribution in [0.4, 0.5) is 0 Å². The number of rotatable bonds is 12. The maximum atomic E-state index is 1.63. The van der Waals surface area contributed by atoms with Crippen LogP contribution >= 0.6 is 31.7 Å². The number of hydrogen-bond donors (Lipinski definition) is 0. The van der Waals surface area contributed by atoms with Crippen LogP contribution in [-0.4, -0.2) is 67.9 Å². The van der Waals surface area contributed by atoms with Gasteiger partial charge in [0.05, 0.1) is 67.9 Å². The van der Waals surface area contributed by atoms with Crippen LogP contribution in [0.2, 0.25) is 0 Å². The van der Waals surface area contributed by atoms with Crippen molar-refractivity contribution in [3.8, 4) is 0 Å². The molecule has 0 radical (unpaired) electrons. The minimum absolute atomic E-state index is 0. The summed E-state index contributed by atoms with van der Waals surface area (Å²) in [7, 11) is -0.186. The zero-order chi connectivity index (χ0) is 51.7. The molecule has 0 aromatic heterocycles. The molecule has 0 aromatic rings. The second-order valence-corrected chi connectivity index (χ2v) is 43.8. The first-order valence-electron chi connectivity index (χ1n) is 37.3. The van der Waals surface area contributed by atoms with E-state index in [1.165, 1.54) is 67.9 Å². The standard InChI is InChI=1S/4C18H33P.Pd/c4*1-4-10-16(11-5-1)19(17-12-6-2-7-13-17)18-14-8-3-9-15-18;/h4*16-18H,1-15H2;/p+4. The van der Waals surface area contributed by atoms with Gasteiger partial charge < -0.3 is 0 Å². The second-order valence-electron chi connectivity index (χ2n) is 30.0. The Morgan fingerprint density at radius 2 is 0.169 bits per heavy atom. The molecule has 0 bridgehead atoms. The Bertz CT molecular complexity index is 1030. The molecule has 12 aliphatic rings. The fourth-order valence-electron chi connectivity index (χ4n) is 21.2. The predicted molar refractivity (Wildman–Crippen MR) is 356 cm³/mol. The van der Waals surface area contributed by atoms with E-state index < -0.39 is 0 Å². The summed E-state index contributed by atoms with van der Waals surface area (Å²) in [5.41, 5.74) is 14.7. The molecule has 12 saturated carbocycles. The Kier molecular flexibility index (Phi) is 32.7. The van der Waals surface area contributed by atoms with Crippen molar-refractivity contribution in [3.63, 3.8) is 0 Å². The van der Waals surface area contributed by atoms with Crippen molar-refractivity contribution in [1.29, 1.82) is 0 Å². The Balaban J connectivity index is 0.000000135. The topological polar surface area (TPSA) is 0 Å². The molecule has 0 N–H and O–H groups in total. The summed E-state index contributed by atoms with van der Waals surface area (Å²) in [5, 5.41) is 0. The smallest absolute Gasteiger partial charge is 0.0530 e. The summed E-state index contributed by atoms with van der Waals surface area (Å²) < 4.78 is 0. The van der Waals surface area contributed by atoms with Crippen LogP contribution in [0.5, 0.6) is 0 Å². The van der Waals surface area contributed by atoms with E-state index in [0.29, 0.717) is 0 Å². The second kappa shape index (κ2) is 38.5. The molecule has 0 aromatic carbocycles. The van der Waals surface area contributed by atoms with Gasteiger partial charge in [0.2, 0.25) is 0 Å². The normalized spacial score (nSPS) is 28.5. The van der Waals surface area contributed by atoms with Gasteiger partial charge in [0.25, 0.3) is 0 Å². The number of hydrogen-bond acceptors (Lipinski definition) is 0. The van der Waals surface area contributed by atoms with Gasteiger partial charge in [0.1, 0.15) is 0 Å². The van der Waals surface area contributed by atoms with Crippen molar-refractivity contribution in [2.24, 2.45) is 0 Å². The first kappa shape index (κ1) is 65.4. The van der Waals surface area contributed by atoms with Crippen LogP contribution in [0.25, 0.3) is 0 Å². The van der Waals surface area contributed by atoms with Crippen LogP contribution in [0.3, 0.4) is 0 Å². The molecule has 12 fully saturated rings. The minimum atomic E-state index is -0.0465. The Labute approximate surface area is 501 Å². The zero-order valence-electron chi connectivity index (χ0n) is 51.7. The first-order valence-corrected chi connectivity index (χ1v) is 44.2. The molecule has 0 heterocycles. The van der Waals surface area contributed by atoms with Crippen molar-refractivity contribution in [3.05, 3.63) is 0 Å². The van der Waals surface area contributed by atoms with E-state index in [1.54, 1.807) is 385 Å². The molecule has 0 aliphatic heterocycles. The van der Waals surface area contributed by atoms with E-state index in [9.17, 15) is 0 Å². The third-order valence-corrected chi connectivity index (χ3v) is 43.2. The molecule has 0 unspecified atom stereocenters. The molecule has 0 nitrogen and oxygen atoms in total. The molecule has 0 atom stereocenters.